The van der Waals surface area contributed by atoms with Crippen LogP contribution in [0.1, 0.15) is 11.1 Å². The van der Waals surface area contributed by atoms with Crippen LogP contribution in [0, 0.1) is 6.92 Å². The van der Waals surface area contributed by atoms with Crippen molar-refractivity contribution in [3.8, 4) is 11.5 Å². The molecule has 0 atom stereocenters. The maximum atomic E-state index is 9.87. The number of aliphatic hydroxyl groups is 2. The number of hydrogen-bond acceptors (Lipinski definition) is 4. The first-order valence-corrected chi connectivity index (χ1v) is 5.98. The maximum absolute atomic E-state index is 9.87. The van der Waals surface area contributed by atoms with Gasteiger partial charge in [-0.15, -0.1) is 0 Å². The van der Waals surface area contributed by atoms with Gasteiger partial charge in [0.1, 0.15) is 31.1 Å². The molecule has 0 aliphatic heterocycles. The van der Waals surface area contributed by atoms with Crippen LogP contribution < -0.4 is 0 Å². The Labute approximate surface area is 107 Å². The van der Waals surface area contributed by atoms with Crippen LogP contribution in [0.3, 0.4) is 0 Å². The summed E-state index contributed by atoms with van der Waals surface area (Å²) in [4.78, 5) is 0. The highest BCUT2D eigenvalue weighted by Gasteiger charge is 2.23. The van der Waals surface area contributed by atoms with Gasteiger partial charge in [-0.05, 0) is 24.6 Å². The van der Waals surface area contributed by atoms with Gasteiger partial charge in [0.25, 0.3) is 0 Å². The average molecular weight is 256 g/mol. The topological polar surface area (TPSA) is 80.9 Å². The summed E-state index contributed by atoms with van der Waals surface area (Å²) in [5.74, 6) is 0.271. The molecular weight excluding hydrogens is 234 g/mol. The number of hydrogen-bond donors (Lipinski definition) is 4. The van der Waals surface area contributed by atoms with Crippen molar-refractivity contribution < 1.29 is 24.9 Å². The highest BCUT2D eigenvalue weighted by atomic mass is 16.3. The summed E-state index contributed by atoms with van der Waals surface area (Å²) in [7, 11) is 1.89. The Morgan fingerprint density at radius 2 is 1.56 bits per heavy atom. The molecule has 0 radical (unpaired) electrons. The number of nitrogens with zero attached hydrogens (tertiary/aromatic N) is 1. The fourth-order valence-corrected chi connectivity index (χ4v) is 2.02. The van der Waals surface area contributed by atoms with Crippen LogP contribution in [0.25, 0.3) is 0 Å². The van der Waals surface area contributed by atoms with Crippen molar-refractivity contribution in [1.82, 2.24) is 0 Å². The molecule has 0 saturated heterocycles. The van der Waals surface area contributed by atoms with E-state index in [4.69, 9.17) is 10.2 Å². The van der Waals surface area contributed by atoms with Crippen molar-refractivity contribution in [1.29, 1.82) is 0 Å². The third-order valence-electron chi connectivity index (χ3n) is 3.23. The Bertz CT molecular complexity index is 400. The van der Waals surface area contributed by atoms with Crippen LogP contribution in [0.15, 0.2) is 12.1 Å². The van der Waals surface area contributed by atoms with Crippen molar-refractivity contribution in [2.75, 3.05) is 33.4 Å². The van der Waals surface area contributed by atoms with E-state index in [1.807, 2.05) is 7.05 Å². The van der Waals surface area contributed by atoms with Crippen molar-refractivity contribution in [2.24, 2.45) is 0 Å². The largest absolute Gasteiger partial charge is 0.508 e. The third kappa shape index (κ3) is 3.60. The second-order valence-electron chi connectivity index (χ2n) is 4.94. The number of rotatable bonds is 6. The predicted molar refractivity (Wildman–Crippen MR) is 68.3 cm³/mol. The zero-order valence-corrected chi connectivity index (χ0v) is 10.9. The van der Waals surface area contributed by atoms with Gasteiger partial charge in [-0.25, -0.2) is 0 Å². The molecule has 0 aliphatic rings. The van der Waals surface area contributed by atoms with E-state index in [1.165, 1.54) is 12.1 Å². The zero-order chi connectivity index (χ0) is 13.8. The molecule has 0 unspecified atom stereocenters. The highest BCUT2D eigenvalue weighted by Crippen LogP contribution is 2.28. The first-order chi connectivity index (χ1) is 8.41. The lowest BCUT2D eigenvalue weighted by Gasteiger charge is -2.33. The summed E-state index contributed by atoms with van der Waals surface area (Å²) < 4.78 is 0.406. The van der Waals surface area contributed by atoms with Crippen LogP contribution in [-0.2, 0) is 6.54 Å². The number of benzene rings is 1. The van der Waals surface area contributed by atoms with E-state index >= 15 is 0 Å². The van der Waals surface area contributed by atoms with Crippen LogP contribution in [0.4, 0.5) is 0 Å². The summed E-state index contributed by atoms with van der Waals surface area (Å²) in [6.45, 7) is 3.14. The number of quaternary nitrogens is 1. The van der Waals surface area contributed by atoms with E-state index in [0.29, 0.717) is 35.2 Å². The minimum absolute atomic E-state index is 0.00903. The molecule has 0 aliphatic carbocycles. The van der Waals surface area contributed by atoms with E-state index < -0.39 is 0 Å². The fourth-order valence-electron chi connectivity index (χ4n) is 2.02. The molecule has 0 saturated carbocycles. The van der Waals surface area contributed by atoms with Gasteiger partial charge in [-0.1, -0.05) is 0 Å². The molecule has 0 spiro atoms. The lowest BCUT2D eigenvalue weighted by molar-refractivity contribution is -0.923. The number of aromatic hydroxyl groups is 2. The number of aliphatic hydroxyl groups excluding tert-OH is 2. The van der Waals surface area contributed by atoms with Gasteiger partial charge in [0, 0.05) is 0 Å². The quantitative estimate of drug-likeness (QED) is 0.437. The fraction of sp³-hybridized carbons (Fsp3) is 0.538. The molecule has 1 rings (SSSR count). The number of aryl methyl sites for hydroxylation is 1. The highest BCUT2D eigenvalue weighted by molar-refractivity contribution is 5.43. The second-order valence-corrected chi connectivity index (χ2v) is 4.94. The average Bonchev–Trinajstić information content (AvgIpc) is 2.26. The molecule has 0 fully saturated rings. The van der Waals surface area contributed by atoms with Crippen molar-refractivity contribution in [2.45, 2.75) is 13.5 Å². The standard InChI is InChI=1S/C13H21NO4/c1-10-7-13(18)11(8-12(10)17)9-14(2,3-5-15)4-6-16/h7-8,15-16H,3-6,9H2,1-2H3,(H-,17,18)/p+1. The van der Waals surface area contributed by atoms with E-state index in [-0.39, 0.29) is 24.7 Å². The molecule has 0 bridgehead atoms. The van der Waals surface area contributed by atoms with E-state index in [0.717, 1.165) is 0 Å². The van der Waals surface area contributed by atoms with Crippen molar-refractivity contribution >= 4 is 0 Å². The van der Waals surface area contributed by atoms with E-state index in [9.17, 15) is 10.2 Å². The van der Waals surface area contributed by atoms with Gasteiger partial charge in [0.2, 0.25) is 0 Å². The van der Waals surface area contributed by atoms with Crippen molar-refractivity contribution in [3.05, 3.63) is 23.3 Å². The van der Waals surface area contributed by atoms with Gasteiger partial charge in [0.05, 0.1) is 25.8 Å². The molecule has 4 N–H and O–H groups in total. The minimum atomic E-state index is 0.00903. The molecule has 18 heavy (non-hydrogen) atoms. The molecule has 1 aromatic carbocycles. The molecular formula is C13H22NO4+. The Hall–Kier alpha value is -1.30. The smallest absolute Gasteiger partial charge is 0.124 e. The molecule has 0 amide bonds. The molecule has 0 heterocycles. The predicted octanol–water partition coefficient (Wildman–Crippen LogP) is 0.337. The second kappa shape index (κ2) is 6.04. The summed E-state index contributed by atoms with van der Waals surface area (Å²) in [6.07, 6.45) is 0. The Morgan fingerprint density at radius 3 is 2.06 bits per heavy atom. The van der Waals surface area contributed by atoms with Crippen LogP contribution in [0.2, 0.25) is 0 Å². The lowest BCUT2D eigenvalue weighted by atomic mass is 10.1. The summed E-state index contributed by atoms with van der Waals surface area (Å²) >= 11 is 0. The van der Waals surface area contributed by atoms with E-state index in [1.54, 1.807) is 6.92 Å². The van der Waals surface area contributed by atoms with Gasteiger partial charge < -0.3 is 24.9 Å². The first kappa shape index (κ1) is 14.8. The summed E-state index contributed by atoms with van der Waals surface area (Å²) in [5.41, 5.74) is 1.23. The van der Waals surface area contributed by atoms with Gasteiger partial charge in [-0.2, -0.15) is 0 Å². The molecule has 5 heteroatoms. The third-order valence-corrected chi connectivity index (χ3v) is 3.23. The van der Waals surface area contributed by atoms with Gasteiger partial charge in [-0.3, -0.25) is 0 Å². The van der Waals surface area contributed by atoms with Crippen LogP contribution >= 0.6 is 0 Å². The first-order valence-electron chi connectivity index (χ1n) is 5.98. The molecule has 102 valence electrons. The SMILES string of the molecule is Cc1cc(O)c(C[N+](C)(CCO)CCO)cc1O. The van der Waals surface area contributed by atoms with Gasteiger partial charge in [0.15, 0.2) is 0 Å². The monoisotopic (exact) mass is 256 g/mol. The molecule has 0 aromatic heterocycles. The number of phenols is 2. The lowest BCUT2D eigenvalue weighted by Crippen LogP contribution is -2.47. The summed E-state index contributed by atoms with van der Waals surface area (Å²) in [6, 6.07) is 3.06. The maximum Gasteiger partial charge on any atom is 0.124 e. The zero-order valence-electron chi connectivity index (χ0n) is 10.9. The van der Waals surface area contributed by atoms with Crippen molar-refractivity contribution in [3.63, 3.8) is 0 Å². The summed E-state index contributed by atoms with van der Waals surface area (Å²) in [5, 5.41) is 37.7. The van der Waals surface area contributed by atoms with Crippen LogP contribution in [-0.4, -0.2) is 58.3 Å². The number of phenolic OH excluding ortho intramolecular Hbond substituents is 2. The molecule has 1 aromatic rings. The Balaban J connectivity index is 2.97. The van der Waals surface area contributed by atoms with E-state index in [2.05, 4.69) is 0 Å². The molecule has 5 nitrogen and oxygen atoms in total. The van der Waals surface area contributed by atoms with Crippen LogP contribution in [0.5, 0.6) is 11.5 Å². The normalized spacial score (nSPS) is 11.8. The van der Waals surface area contributed by atoms with Gasteiger partial charge >= 0.3 is 0 Å². The Kier molecular flexibility index (Phi) is 4.95. The number of likely N-dealkylation sites (N-methyl/N-ethyl adjacent to an activating group) is 1. The Morgan fingerprint density at radius 1 is 1.00 bits per heavy atom. The minimum Gasteiger partial charge on any atom is -0.508 e.